The van der Waals surface area contributed by atoms with Crippen LogP contribution in [-0.4, -0.2) is 37.0 Å². The molecular weight excluding hydrogens is 256 g/mol. The largest absolute Gasteiger partial charge is 0.465 e. The summed E-state index contributed by atoms with van der Waals surface area (Å²) in [6.07, 6.45) is 5.77. The maximum Gasteiger partial charge on any atom is 0.309 e. The summed E-state index contributed by atoms with van der Waals surface area (Å²) in [7, 11) is 0. The minimum Gasteiger partial charge on any atom is -0.465 e. The molecule has 0 aromatic heterocycles. The number of carbonyl (C=O) groups is 1. The zero-order valence-electron chi connectivity index (χ0n) is 12.3. The molecule has 4 rings (SSSR count). The smallest absolute Gasteiger partial charge is 0.309 e. The van der Waals surface area contributed by atoms with Gasteiger partial charge in [-0.15, -0.1) is 0 Å². The van der Waals surface area contributed by atoms with Gasteiger partial charge in [0.25, 0.3) is 0 Å². The van der Waals surface area contributed by atoms with Gasteiger partial charge in [0, 0.05) is 0 Å². The third kappa shape index (κ3) is 2.37. The Morgan fingerprint density at radius 1 is 0.950 bits per heavy atom. The Morgan fingerprint density at radius 2 is 1.55 bits per heavy atom. The fourth-order valence-electron chi connectivity index (χ4n) is 4.15. The highest BCUT2D eigenvalue weighted by molar-refractivity contribution is 5.73. The lowest BCUT2D eigenvalue weighted by atomic mass is 9.80. The van der Waals surface area contributed by atoms with Gasteiger partial charge in [-0.3, -0.25) is 4.79 Å². The molecule has 20 heavy (non-hydrogen) atoms. The number of fused-ring (bicyclic) bond motifs is 2. The zero-order valence-corrected chi connectivity index (χ0v) is 12.3. The van der Waals surface area contributed by atoms with Gasteiger partial charge in [0.1, 0.15) is 0 Å². The molecule has 4 heteroatoms. The van der Waals surface area contributed by atoms with Crippen LogP contribution < -0.4 is 0 Å². The van der Waals surface area contributed by atoms with Gasteiger partial charge in [-0.2, -0.15) is 0 Å². The van der Waals surface area contributed by atoms with Crippen LogP contribution in [0.3, 0.4) is 0 Å². The first-order valence-electron chi connectivity index (χ1n) is 8.09. The van der Waals surface area contributed by atoms with E-state index >= 15 is 0 Å². The highest BCUT2D eigenvalue weighted by atomic mass is 16.6. The maximum absolute atomic E-state index is 12.3. The second-order valence-electron chi connectivity index (χ2n) is 7.32. The molecule has 2 heterocycles. The average molecular weight is 280 g/mol. The number of ether oxygens (including phenoxy) is 3. The summed E-state index contributed by atoms with van der Waals surface area (Å²) in [5.74, 6) is 1.52. The first kappa shape index (κ1) is 13.1. The molecule has 4 aliphatic rings. The van der Waals surface area contributed by atoms with Gasteiger partial charge < -0.3 is 14.2 Å². The van der Waals surface area contributed by atoms with Crippen molar-refractivity contribution in [1.29, 1.82) is 0 Å². The molecule has 2 aliphatic heterocycles. The highest BCUT2D eigenvalue weighted by Gasteiger charge is 2.50. The summed E-state index contributed by atoms with van der Waals surface area (Å²) in [6, 6.07) is 0. The van der Waals surface area contributed by atoms with Gasteiger partial charge in [-0.05, 0) is 43.4 Å². The van der Waals surface area contributed by atoms with Crippen LogP contribution in [0.1, 0.15) is 39.5 Å². The molecule has 2 saturated heterocycles. The van der Waals surface area contributed by atoms with Crippen LogP contribution in [0.2, 0.25) is 0 Å². The molecule has 112 valence electrons. The molecule has 0 spiro atoms. The summed E-state index contributed by atoms with van der Waals surface area (Å²) < 4.78 is 16.8. The number of hydrogen-bond donors (Lipinski definition) is 0. The van der Waals surface area contributed by atoms with Crippen LogP contribution in [0.15, 0.2) is 0 Å². The van der Waals surface area contributed by atoms with Crippen LogP contribution in [0.4, 0.5) is 0 Å². The van der Waals surface area contributed by atoms with Gasteiger partial charge in [-0.25, -0.2) is 0 Å². The van der Waals surface area contributed by atoms with E-state index in [0.29, 0.717) is 48.8 Å². The summed E-state index contributed by atoms with van der Waals surface area (Å²) in [4.78, 5) is 12.3. The van der Waals surface area contributed by atoms with Gasteiger partial charge in [0.15, 0.2) is 0 Å². The van der Waals surface area contributed by atoms with Gasteiger partial charge >= 0.3 is 5.97 Å². The monoisotopic (exact) mass is 280 g/mol. The zero-order chi connectivity index (χ0) is 13.9. The molecule has 8 atom stereocenters. The normalized spacial score (nSPS) is 52.7. The molecule has 0 bridgehead atoms. The molecule has 0 aromatic rings. The SMILES string of the molecule is CC1CC2OC2CC1COC(=O)C1CC2OC2CC1C. The molecule has 0 aromatic carbocycles. The molecule has 4 nitrogen and oxygen atoms in total. The van der Waals surface area contributed by atoms with E-state index < -0.39 is 0 Å². The van der Waals surface area contributed by atoms with Crippen LogP contribution >= 0.6 is 0 Å². The first-order valence-corrected chi connectivity index (χ1v) is 8.09. The Morgan fingerprint density at radius 3 is 2.30 bits per heavy atom. The fourth-order valence-corrected chi connectivity index (χ4v) is 4.15. The third-order valence-electron chi connectivity index (χ3n) is 5.84. The molecule has 2 saturated carbocycles. The molecule has 0 amide bonds. The van der Waals surface area contributed by atoms with Crippen LogP contribution in [-0.2, 0) is 19.0 Å². The maximum atomic E-state index is 12.3. The highest BCUT2D eigenvalue weighted by Crippen LogP contribution is 2.44. The standard InChI is InChI=1S/C16H24O4/c1-8-3-12-14(19-12)5-10(8)7-18-16(17)11-6-15-13(20-15)4-9(11)2/h8-15H,3-7H2,1-2H3. The van der Waals surface area contributed by atoms with Gasteiger partial charge in [0.2, 0.25) is 0 Å². The molecule has 8 unspecified atom stereocenters. The Labute approximate surface area is 120 Å². The van der Waals surface area contributed by atoms with Crippen molar-refractivity contribution in [2.45, 2.75) is 63.9 Å². The van der Waals surface area contributed by atoms with E-state index in [9.17, 15) is 4.79 Å². The minimum absolute atomic E-state index is 0.00233. The van der Waals surface area contributed by atoms with Gasteiger partial charge in [0.05, 0.1) is 36.9 Å². The summed E-state index contributed by atoms with van der Waals surface area (Å²) in [6.45, 7) is 4.97. The van der Waals surface area contributed by atoms with Crippen molar-refractivity contribution in [3.63, 3.8) is 0 Å². The van der Waals surface area contributed by atoms with E-state index in [2.05, 4.69) is 13.8 Å². The van der Waals surface area contributed by atoms with E-state index in [4.69, 9.17) is 14.2 Å². The molecule has 0 radical (unpaired) electrons. The molecule has 4 fully saturated rings. The van der Waals surface area contributed by atoms with Crippen LogP contribution in [0.25, 0.3) is 0 Å². The van der Waals surface area contributed by atoms with E-state index in [1.54, 1.807) is 0 Å². The second kappa shape index (κ2) is 4.70. The topological polar surface area (TPSA) is 51.4 Å². The number of hydrogen-bond acceptors (Lipinski definition) is 4. The van der Waals surface area contributed by atoms with Crippen LogP contribution in [0, 0.1) is 23.7 Å². The lowest BCUT2D eigenvalue weighted by Gasteiger charge is -2.28. The number of esters is 1. The predicted molar refractivity (Wildman–Crippen MR) is 72.1 cm³/mol. The quantitative estimate of drug-likeness (QED) is 0.587. The summed E-state index contributed by atoms with van der Waals surface area (Å²) in [5, 5.41) is 0. The molecule has 0 N–H and O–H groups in total. The Kier molecular flexibility index (Phi) is 3.08. The van der Waals surface area contributed by atoms with Crippen molar-refractivity contribution < 1.29 is 19.0 Å². The van der Waals surface area contributed by atoms with Gasteiger partial charge in [-0.1, -0.05) is 13.8 Å². The predicted octanol–water partition coefficient (Wildman–Crippen LogP) is 2.16. The van der Waals surface area contributed by atoms with Crippen molar-refractivity contribution in [3.05, 3.63) is 0 Å². The Balaban J connectivity index is 1.29. The summed E-state index contributed by atoms with van der Waals surface area (Å²) >= 11 is 0. The number of carbonyl (C=O) groups excluding carboxylic acids is 1. The number of epoxide rings is 2. The van der Waals surface area contributed by atoms with Crippen LogP contribution in [0.5, 0.6) is 0 Å². The van der Waals surface area contributed by atoms with E-state index in [1.807, 2.05) is 0 Å². The Bertz CT molecular complexity index is 409. The molecule has 2 aliphatic carbocycles. The van der Waals surface area contributed by atoms with Crippen molar-refractivity contribution in [3.8, 4) is 0 Å². The van der Waals surface area contributed by atoms with Crippen molar-refractivity contribution in [1.82, 2.24) is 0 Å². The number of rotatable bonds is 3. The lowest BCUT2D eigenvalue weighted by Crippen LogP contribution is -2.33. The molecular formula is C16H24O4. The van der Waals surface area contributed by atoms with E-state index in [0.717, 1.165) is 25.7 Å². The lowest BCUT2D eigenvalue weighted by molar-refractivity contribution is -0.153. The van der Waals surface area contributed by atoms with Crippen molar-refractivity contribution in [2.75, 3.05) is 6.61 Å². The second-order valence-corrected chi connectivity index (χ2v) is 7.32. The average Bonchev–Trinajstić information content (AvgIpc) is 3.29. The van der Waals surface area contributed by atoms with Crippen molar-refractivity contribution >= 4 is 5.97 Å². The van der Waals surface area contributed by atoms with E-state index in [1.165, 1.54) is 0 Å². The first-order chi connectivity index (χ1) is 9.61. The summed E-state index contributed by atoms with van der Waals surface area (Å²) in [5.41, 5.74) is 0. The third-order valence-corrected chi connectivity index (χ3v) is 5.84. The van der Waals surface area contributed by atoms with Crippen molar-refractivity contribution in [2.24, 2.45) is 23.7 Å². The fraction of sp³-hybridized carbons (Fsp3) is 0.938. The minimum atomic E-state index is -0.00233. The van der Waals surface area contributed by atoms with E-state index in [-0.39, 0.29) is 11.9 Å². The Hall–Kier alpha value is -0.610.